The maximum absolute atomic E-state index is 10.9. The van der Waals surface area contributed by atoms with Crippen molar-refractivity contribution < 1.29 is 9.53 Å². The lowest BCUT2D eigenvalue weighted by molar-refractivity contribution is -0.141. The van der Waals surface area contributed by atoms with E-state index in [2.05, 4.69) is 16.6 Å². The van der Waals surface area contributed by atoms with Gasteiger partial charge in [0.25, 0.3) is 0 Å². The zero-order valence-corrected chi connectivity index (χ0v) is 8.58. The minimum atomic E-state index is -0.0993. The van der Waals surface area contributed by atoms with Crippen LogP contribution in [0.3, 0.4) is 0 Å². The van der Waals surface area contributed by atoms with Gasteiger partial charge in [0.05, 0.1) is 13.5 Å². The Morgan fingerprint density at radius 2 is 2.31 bits per heavy atom. The number of likely N-dealkylation sites (tertiary alicyclic amines) is 1. The van der Waals surface area contributed by atoms with E-state index in [-0.39, 0.29) is 5.97 Å². The lowest BCUT2D eigenvalue weighted by atomic mass is 10.0. The van der Waals surface area contributed by atoms with E-state index in [1.165, 1.54) is 26.4 Å². The first-order valence-corrected chi connectivity index (χ1v) is 5.05. The third-order valence-corrected chi connectivity index (χ3v) is 2.77. The summed E-state index contributed by atoms with van der Waals surface area (Å²) in [5, 5.41) is 0. The zero-order chi connectivity index (χ0) is 9.68. The minimum absolute atomic E-state index is 0.0993. The van der Waals surface area contributed by atoms with Crippen LogP contribution in [0.4, 0.5) is 0 Å². The van der Waals surface area contributed by atoms with Crippen LogP contribution < -0.4 is 0 Å². The van der Waals surface area contributed by atoms with E-state index in [1.54, 1.807) is 0 Å². The summed E-state index contributed by atoms with van der Waals surface area (Å²) < 4.78 is 4.61. The van der Waals surface area contributed by atoms with Crippen LogP contribution in [0.5, 0.6) is 0 Å². The molecule has 0 amide bonds. The van der Waals surface area contributed by atoms with Gasteiger partial charge in [0.1, 0.15) is 0 Å². The Balaban J connectivity index is 2.22. The molecule has 1 heterocycles. The quantitative estimate of drug-likeness (QED) is 0.623. The van der Waals surface area contributed by atoms with E-state index in [4.69, 9.17) is 0 Å². The monoisotopic (exact) mass is 185 g/mol. The smallest absolute Gasteiger partial charge is 0.306 e. The summed E-state index contributed by atoms with van der Waals surface area (Å²) in [4.78, 5) is 13.3. The maximum Gasteiger partial charge on any atom is 0.306 e. The summed E-state index contributed by atoms with van der Waals surface area (Å²) >= 11 is 0. The molecule has 0 aromatic heterocycles. The zero-order valence-electron chi connectivity index (χ0n) is 8.58. The molecule has 0 aromatic carbocycles. The van der Waals surface area contributed by atoms with Crippen molar-refractivity contribution in [3.8, 4) is 0 Å². The first kappa shape index (κ1) is 10.5. The normalized spacial score (nSPS) is 24.3. The van der Waals surface area contributed by atoms with Crippen molar-refractivity contribution in [3.63, 3.8) is 0 Å². The number of piperidine rings is 1. The first-order chi connectivity index (χ1) is 6.24. The summed E-state index contributed by atoms with van der Waals surface area (Å²) in [5.74, 6) is -0.0993. The second kappa shape index (κ2) is 5.22. The SMILES string of the molecule is COC(=O)CCN1CCCC[C@H]1C. The highest BCUT2D eigenvalue weighted by Crippen LogP contribution is 2.16. The van der Waals surface area contributed by atoms with Gasteiger partial charge in [-0.15, -0.1) is 0 Å². The van der Waals surface area contributed by atoms with Gasteiger partial charge in [-0.3, -0.25) is 4.79 Å². The molecule has 0 saturated carbocycles. The number of esters is 1. The molecule has 0 spiro atoms. The Hall–Kier alpha value is -0.570. The van der Waals surface area contributed by atoms with E-state index >= 15 is 0 Å². The van der Waals surface area contributed by atoms with Crippen molar-refractivity contribution >= 4 is 5.97 Å². The third kappa shape index (κ3) is 3.35. The van der Waals surface area contributed by atoms with Gasteiger partial charge < -0.3 is 9.64 Å². The second-order valence-electron chi connectivity index (χ2n) is 3.71. The fourth-order valence-corrected chi connectivity index (χ4v) is 1.83. The summed E-state index contributed by atoms with van der Waals surface area (Å²) in [7, 11) is 1.45. The number of nitrogens with zero attached hydrogens (tertiary/aromatic N) is 1. The Labute approximate surface area is 80.1 Å². The van der Waals surface area contributed by atoms with Gasteiger partial charge in [-0.2, -0.15) is 0 Å². The Morgan fingerprint density at radius 1 is 1.54 bits per heavy atom. The molecule has 3 nitrogen and oxygen atoms in total. The molecule has 0 N–H and O–H groups in total. The first-order valence-electron chi connectivity index (χ1n) is 5.05. The molecule has 0 radical (unpaired) electrons. The van der Waals surface area contributed by atoms with Crippen LogP contribution in [0.2, 0.25) is 0 Å². The number of methoxy groups -OCH3 is 1. The predicted octanol–water partition coefficient (Wildman–Crippen LogP) is 1.42. The Morgan fingerprint density at radius 3 is 2.92 bits per heavy atom. The van der Waals surface area contributed by atoms with Gasteiger partial charge in [-0.05, 0) is 26.3 Å². The molecule has 1 fully saturated rings. The number of ether oxygens (including phenoxy) is 1. The van der Waals surface area contributed by atoms with Crippen molar-refractivity contribution in [1.82, 2.24) is 4.90 Å². The lowest BCUT2D eigenvalue weighted by Crippen LogP contribution is -2.38. The molecule has 1 aliphatic rings. The van der Waals surface area contributed by atoms with E-state index in [0.29, 0.717) is 12.5 Å². The van der Waals surface area contributed by atoms with Gasteiger partial charge >= 0.3 is 5.97 Å². The fraction of sp³-hybridized carbons (Fsp3) is 0.900. The maximum atomic E-state index is 10.9. The number of rotatable bonds is 3. The summed E-state index contributed by atoms with van der Waals surface area (Å²) in [5.41, 5.74) is 0. The molecule has 1 rings (SSSR count). The van der Waals surface area contributed by atoms with Crippen LogP contribution in [0.25, 0.3) is 0 Å². The molecule has 13 heavy (non-hydrogen) atoms. The van der Waals surface area contributed by atoms with Gasteiger partial charge in [0.15, 0.2) is 0 Å². The second-order valence-corrected chi connectivity index (χ2v) is 3.71. The van der Waals surface area contributed by atoms with Crippen LogP contribution in [0, 0.1) is 0 Å². The molecule has 0 aromatic rings. The Bertz CT molecular complexity index is 170. The van der Waals surface area contributed by atoms with E-state index in [9.17, 15) is 4.79 Å². The number of hydrogen-bond acceptors (Lipinski definition) is 3. The molecular formula is C10H19NO2. The van der Waals surface area contributed by atoms with Crippen molar-refractivity contribution in [2.45, 2.75) is 38.6 Å². The predicted molar refractivity (Wildman–Crippen MR) is 51.5 cm³/mol. The van der Waals surface area contributed by atoms with Gasteiger partial charge in [0.2, 0.25) is 0 Å². The molecule has 0 bridgehead atoms. The topological polar surface area (TPSA) is 29.5 Å². The molecule has 1 saturated heterocycles. The molecule has 1 atom stereocenters. The van der Waals surface area contributed by atoms with E-state index < -0.39 is 0 Å². The molecule has 0 aliphatic carbocycles. The highest BCUT2D eigenvalue weighted by Gasteiger charge is 2.18. The molecule has 3 heteroatoms. The average Bonchev–Trinajstić information content (AvgIpc) is 2.16. The van der Waals surface area contributed by atoms with Gasteiger partial charge in [0, 0.05) is 12.6 Å². The highest BCUT2D eigenvalue weighted by atomic mass is 16.5. The fourth-order valence-electron chi connectivity index (χ4n) is 1.83. The minimum Gasteiger partial charge on any atom is -0.469 e. The summed E-state index contributed by atoms with van der Waals surface area (Å²) in [6, 6.07) is 0.637. The lowest BCUT2D eigenvalue weighted by Gasteiger charge is -2.32. The van der Waals surface area contributed by atoms with Crippen molar-refractivity contribution in [3.05, 3.63) is 0 Å². The summed E-state index contributed by atoms with van der Waals surface area (Å²) in [6.07, 6.45) is 4.39. The van der Waals surface area contributed by atoms with Crippen LogP contribution in [0.1, 0.15) is 32.6 Å². The van der Waals surface area contributed by atoms with Crippen LogP contribution in [0.15, 0.2) is 0 Å². The number of carbonyl (C=O) groups is 1. The van der Waals surface area contributed by atoms with E-state index in [1.807, 2.05) is 0 Å². The highest BCUT2D eigenvalue weighted by molar-refractivity contribution is 5.69. The van der Waals surface area contributed by atoms with Gasteiger partial charge in [-0.25, -0.2) is 0 Å². The van der Waals surface area contributed by atoms with Crippen molar-refractivity contribution in [2.75, 3.05) is 20.2 Å². The molecule has 0 unspecified atom stereocenters. The Kier molecular flexibility index (Phi) is 4.22. The average molecular weight is 185 g/mol. The van der Waals surface area contributed by atoms with Gasteiger partial charge in [-0.1, -0.05) is 6.42 Å². The largest absolute Gasteiger partial charge is 0.469 e. The van der Waals surface area contributed by atoms with Crippen LogP contribution >= 0.6 is 0 Å². The van der Waals surface area contributed by atoms with E-state index in [0.717, 1.165) is 13.1 Å². The van der Waals surface area contributed by atoms with Crippen molar-refractivity contribution in [2.24, 2.45) is 0 Å². The molecule has 1 aliphatic heterocycles. The number of hydrogen-bond donors (Lipinski definition) is 0. The standard InChI is InChI=1S/C10H19NO2/c1-9-5-3-4-7-11(9)8-6-10(12)13-2/h9H,3-8H2,1-2H3/t9-/m1/s1. The molecular weight excluding hydrogens is 166 g/mol. The third-order valence-electron chi connectivity index (χ3n) is 2.77. The van der Waals surface area contributed by atoms with Crippen LogP contribution in [-0.2, 0) is 9.53 Å². The summed E-state index contributed by atoms with van der Waals surface area (Å²) in [6.45, 7) is 4.22. The van der Waals surface area contributed by atoms with Crippen LogP contribution in [-0.4, -0.2) is 37.1 Å². The van der Waals surface area contributed by atoms with Crippen molar-refractivity contribution in [1.29, 1.82) is 0 Å². The number of carbonyl (C=O) groups excluding carboxylic acids is 1. The molecule has 76 valence electrons.